The van der Waals surface area contributed by atoms with Gasteiger partial charge in [-0.1, -0.05) is 17.7 Å². The van der Waals surface area contributed by atoms with E-state index in [4.69, 9.17) is 5.26 Å². The summed E-state index contributed by atoms with van der Waals surface area (Å²) >= 11 is 0. The lowest BCUT2D eigenvalue weighted by molar-refractivity contribution is 1.18. The molecule has 1 heterocycles. The number of aromatic nitrogens is 1. The van der Waals surface area contributed by atoms with Crippen molar-refractivity contribution in [2.75, 3.05) is 5.32 Å². The summed E-state index contributed by atoms with van der Waals surface area (Å²) in [4.78, 5) is 4.38. The van der Waals surface area contributed by atoms with Crippen LogP contribution in [0.5, 0.6) is 0 Å². The van der Waals surface area contributed by atoms with Crippen molar-refractivity contribution in [2.45, 2.75) is 20.8 Å². The van der Waals surface area contributed by atoms with Crippen molar-refractivity contribution in [1.82, 2.24) is 4.98 Å². The summed E-state index contributed by atoms with van der Waals surface area (Å²) in [5.74, 6) is 0.707. The lowest BCUT2D eigenvalue weighted by Gasteiger charge is -2.10. The van der Waals surface area contributed by atoms with Crippen LogP contribution in [0.25, 0.3) is 0 Å². The van der Waals surface area contributed by atoms with E-state index in [-0.39, 0.29) is 0 Å². The highest BCUT2D eigenvalue weighted by Gasteiger charge is 2.03. The first-order valence-electron chi connectivity index (χ1n) is 5.81. The van der Waals surface area contributed by atoms with Crippen LogP contribution in [-0.4, -0.2) is 4.98 Å². The largest absolute Gasteiger partial charge is 0.340 e. The molecule has 0 atom stereocenters. The Bertz CT molecular complexity index is 624. The standard InChI is InChI=1S/C15H15N3/c1-10-4-5-14(11(2)6-10)18-15-8-13(9-16)7-12(3)17-15/h4-8H,1-3H3,(H,17,18). The SMILES string of the molecule is Cc1ccc(Nc2cc(C#N)cc(C)n2)c(C)c1. The van der Waals surface area contributed by atoms with Crippen LogP contribution in [0.4, 0.5) is 11.5 Å². The van der Waals surface area contributed by atoms with Crippen LogP contribution in [0.1, 0.15) is 22.4 Å². The fourth-order valence-corrected chi connectivity index (χ4v) is 1.89. The zero-order chi connectivity index (χ0) is 13.1. The normalized spacial score (nSPS) is 9.89. The first-order valence-corrected chi connectivity index (χ1v) is 5.81. The number of nitriles is 1. The van der Waals surface area contributed by atoms with E-state index in [0.717, 1.165) is 16.9 Å². The maximum absolute atomic E-state index is 8.94. The molecule has 90 valence electrons. The third-order valence-corrected chi connectivity index (χ3v) is 2.73. The molecule has 0 spiro atoms. The Morgan fingerprint density at radius 3 is 2.56 bits per heavy atom. The minimum Gasteiger partial charge on any atom is -0.340 e. The zero-order valence-corrected chi connectivity index (χ0v) is 10.8. The quantitative estimate of drug-likeness (QED) is 0.867. The van der Waals surface area contributed by atoms with Gasteiger partial charge in [-0.25, -0.2) is 4.98 Å². The second kappa shape index (κ2) is 4.89. The number of nitrogens with zero attached hydrogens (tertiary/aromatic N) is 2. The van der Waals surface area contributed by atoms with Crippen molar-refractivity contribution in [1.29, 1.82) is 5.26 Å². The molecule has 3 nitrogen and oxygen atoms in total. The van der Waals surface area contributed by atoms with Gasteiger partial charge >= 0.3 is 0 Å². The van der Waals surface area contributed by atoms with E-state index >= 15 is 0 Å². The molecule has 0 unspecified atom stereocenters. The Morgan fingerprint density at radius 2 is 1.89 bits per heavy atom. The van der Waals surface area contributed by atoms with Gasteiger partial charge in [0, 0.05) is 11.4 Å². The maximum Gasteiger partial charge on any atom is 0.131 e. The van der Waals surface area contributed by atoms with Crippen LogP contribution in [0, 0.1) is 32.1 Å². The van der Waals surface area contributed by atoms with Crippen molar-refractivity contribution < 1.29 is 0 Å². The summed E-state index contributed by atoms with van der Waals surface area (Å²) in [5.41, 5.74) is 4.86. The average molecular weight is 237 g/mol. The summed E-state index contributed by atoms with van der Waals surface area (Å²) in [7, 11) is 0. The summed E-state index contributed by atoms with van der Waals surface area (Å²) in [6.07, 6.45) is 0. The highest BCUT2D eigenvalue weighted by Crippen LogP contribution is 2.21. The molecule has 1 aromatic carbocycles. The second-order valence-electron chi connectivity index (χ2n) is 4.44. The summed E-state index contributed by atoms with van der Waals surface area (Å²) in [5, 5.41) is 12.2. The summed E-state index contributed by atoms with van der Waals surface area (Å²) in [6.45, 7) is 6.00. The van der Waals surface area contributed by atoms with Gasteiger partial charge in [0.15, 0.2) is 0 Å². The molecule has 1 aromatic heterocycles. The molecule has 0 amide bonds. The minimum atomic E-state index is 0.620. The summed E-state index contributed by atoms with van der Waals surface area (Å²) in [6, 6.07) is 11.9. The molecular weight excluding hydrogens is 222 g/mol. The number of aryl methyl sites for hydroxylation is 3. The molecule has 1 N–H and O–H groups in total. The topological polar surface area (TPSA) is 48.7 Å². The van der Waals surface area contributed by atoms with Crippen LogP contribution in [0.3, 0.4) is 0 Å². The molecule has 18 heavy (non-hydrogen) atoms. The minimum absolute atomic E-state index is 0.620. The monoisotopic (exact) mass is 237 g/mol. The van der Waals surface area contributed by atoms with Crippen LogP contribution in [0.15, 0.2) is 30.3 Å². The van der Waals surface area contributed by atoms with Gasteiger partial charge in [-0.2, -0.15) is 5.26 Å². The Labute approximate surface area is 107 Å². The van der Waals surface area contributed by atoms with Crippen LogP contribution in [-0.2, 0) is 0 Å². The third kappa shape index (κ3) is 2.67. The van der Waals surface area contributed by atoms with Crippen LogP contribution < -0.4 is 5.32 Å². The third-order valence-electron chi connectivity index (χ3n) is 2.73. The average Bonchev–Trinajstić information content (AvgIpc) is 2.32. The van der Waals surface area contributed by atoms with E-state index in [0.29, 0.717) is 11.4 Å². The smallest absolute Gasteiger partial charge is 0.131 e. The fraction of sp³-hybridized carbons (Fsp3) is 0.200. The van der Waals surface area contributed by atoms with Crippen LogP contribution in [0.2, 0.25) is 0 Å². The molecule has 3 heteroatoms. The lowest BCUT2D eigenvalue weighted by Crippen LogP contribution is -1.98. The molecular formula is C15H15N3. The van der Waals surface area contributed by atoms with Gasteiger partial charge in [-0.05, 0) is 44.5 Å². The van der Waals surface area contributed by atoms with Crippen molar-refractivity contribution >= 4 is 11.5 Å². The second-order valence-corrected chi connectivity index (χ2v) is 4.44. The number of hydrogen-bond acceptors (Lipinski definition) is 3. The highest BCUT2D eigenvalue weighted by atomic mass is 15.0. The Hall–Kier alpha value is -2.34. The van der Waals surface area contributed by atoms with Gasteiger partial charge in [0.2, 0.25) is 0 Å². The molecule has 2 rings (SSSR count). The van der Waals surface area contributed by atoms with E-state index in [2.05, 4.69) is 42.4 Å². The van der Waals surface area contributed by atoms with E-state index < -0.39 is 0 Å². The molecule has 0 saturated carbocycles. The molecule has 0 fully saturated rings. The molecule has 0 saturated heterocycles. The van der Waals surface area contributed by atoms with E-state index in [1.165, 1.54) is 5.56 Å². The summed E-state index contributed by atoms with van der Waals surface area (Å²) < 4.78 is 0. The number of nitrogens with one attached hydrogen (secondary N) is 1. The first-order chi connectivity index (χ1) is 8.58. The molecule has 0 aliphatic carbocycles. The van der Waals surface area contributed by atoms with E-state index in [9.17, 15) is 0 Å². The van der Waals surface area contributed by atoms with Crippen molar-refractivity contribution in [2.24, 2.45) is 0 Å². The predicted molar refractivity (Wildman–Crippen MR) is 72.9 cm³/mol. The van der Waals surface area contributed by atoms with Gasteiger partial charge < -0.3 is 5.32 Å². The molecule has 0 aliphatic rings. The fourth-order valence-electron chi connectivity index (χ4n) is 1.89. The van der Waals surface area contributed by atoms with Crippen molar-refractivity contribution in [3.63, 3.8) is 0 Å². The number of pyridine rings is 1. The van der Waals surface area contributed by atoms with Gasteiger partial charge in [-0.15, -0.1) is 0 Å². The number of rotatable bonds is 2. The number of hydrogen-bond donors (Lipinski definition) is 1. The Morgan fingerprint density at radius 1 is 1.11 bits per heavy atom. The van der Waals surface area contributed by atoms with Gasteiger partial charge in [0.1, 0.15) is 5.82 Å². The predicted octanol–water partition coefficient (Wildman–Crippen LogP) is 3.62. The Balaban J connectivity index is 2.34. The van der Waals surface area contributed by atoms with Crippen molar-refractivity contribution in [3.05, 3.63) is 52.7 Å². The van der Waals surface area contributed by atoms with E-state index in [1.807, 2.05) is 13.0 Å². The van der Waals surface area contributed by atoms with Gasteiger partial charge in [0.05, 0.1) is 11.6 Å². The maximum atomic E-state index is 8.94. The molecule has 0 aliphatic heterocycles. The van der Waals surface area contributed by atoms with E-state index in [1.54, 1.807) is 12.1 Å². The Kier molecular flexibility index (Phi) is 3.29. The van der Waals surface area contributed by atoms with Crippen molar-refractivity contribution in [3.8, 4) is 6.07 Å². The van der Waals surface area contributed by atoms with Gasteiger partial charge in [-0.3, -0.25) is 0 Å². The number of benzene rings is 1. The highest BCUT2D eigenvalue weighted by molar-refractivity contribution is 5.62. The molecule has 0 bridgehead atoms. The van der Waals surface area contributed by atoms with Gasteiger partial charge in [0.25, 0.3) is 0 Å². The molecule has 0 radical (unpaired) electrons. The number of anilines is 2. The van der Waals surface area contributed by atoms with Crippen LogP contribution >= 0.6 is 0 Å². The first kappa shape index (κ1) is 12.1. The zero-order valence-electron chi connectivity index (χ0n) is 10.8. The molecule has 2 aromatic rings. The lowest BCUT2D eigenvalue weighted by atomic mass is 10.1.